The normalized spacial score (nSPS) is 14.2. The van der Waals surface area contributed by atoms with Gasteiger partial charge >= 0.3 is 0 Å². The van der Waals surface area contributed by atoms with Crippen LogP contribution in [0.25, 0.3) is 0 Å². The van der Waals surface area contributed by atoms with Gasteiger partial charge in [0.05, 0.1) is 0 Å². The minimum absolute atomic E-state index is 0.214. The number of nitrogens with one attached hydrogen (secondary N) is 1. The SMILES string of the molecule is CC(CCc1ccccc1)NCC(O)C(N)=O. The average molecular weight is 236 g/mol. The van der Waals surface area contributed by atoms with Gasteiger partial charge in [-0.2, -0.15) is 0 Å². The molecule has 0 bridgehead atoms. The summed E-state index contributed by atoms with van der Waals surface area (Å²) in [6, 6.07) is 10.4. The number of carbonyl (C=O) groups is 1. The summed E-state index contributed by atoms with van der Waals surface area (Å²) in [5.41, 5.74) is 6.25. The summed E-state index contributed by atoms with van der Waals surface area (Å²) in [5, 5.41) is 12.3. The van der Waals surface area contributed by atoms with Gasteiger partial charge in [-0.15, -0.1) is 0 Å². The maximum Gasteiger partial charge on any atom is 0.247 e. The number of nitrogens with two attached hydrogens (primary N) is 1. The van der Waals surface area contributed by atoms with Crippen molar-refractivity contribution in [2.75, 3.05) is 6.54 Å². The van der Waals surface area contributed by atoms with E-state index in [1.54, 1.807) is 0 Å². The van der Waals surface area contributed by atoms with Crippen LogP contribution in [0.2, 0.25) is 0 Å². The van der Waals surface area contributed by atoms with E-state index >= 15 is 0 Å². The van der Waals surface area contributed by atoms with E-state index in [0.717, 1.165) is 12.8 Å². The molecule has 2 atom stereocenters. The molecule has 0 saturated heterocycles. The van der Waals surface area contributed by atoms with Crippen molar-refractivity contribution in [1.82, 2.24) is 5.32 Å². The lowest BCUT2D eigenvalue weighted by Crippen LogP contribution is -2.40. The first-order valence-corrected chi connectivity index (χ1v) is 5.84. The first-order chi connectivity index (χ1) is 8.09. The minimum atomic E-state index is -1.10. The lowest BCUT2D eigenvalue weighted by Gasteiger charge is -2.15. The molecule has 0 spiro atoms. The molecule has 4 heteroatoms. The Morgan fingerprint density at radius 2 is 2.06 bits per heavy atom. The van der Waals surface area contributed by atoms with E-state index in [-0.39, 0.29) is 12.6 Å². The zero-order valence-electron chi connectivity index (χ0n) is 10.1. The summed E-state index contributed by atoms with van der Waals surface area (Å²) in [5.74, 6) is -0.687. The molecule has 94 valence electrons. The summed E-state index contributed by atoms with van der Waals surface area (Å²) >= 11 is 0. The van der Waals surface area contributed by atoms with Crippen molar-refractivity contribution in [2.45, 2.75) is 31.9 Å². The molecule has 4 N–H and O–H groups in total. The van der Waals surface area contributed by atoms with Crippen LogP contribution >= 0.6 is 0 Å². The molecule has 1 amide bonds. The predicted octanol–water partition coefficient (Wildman–Crippen LogP) is 0.444. The van der Waals surface area contributed by atoms with Crippen LogP contribution < -0.4 is 11.1 Å². The van der Waals surface area contributed by atoms with E-state index in [0.29, 0.717) is 0 Å². The lowest BCUT2D eigenvalue weighted by molar-refractivity contribution is -0.125. The average Bonchev–Trinajstić information content (AvgIpc) is 2.34. The molecule has 1 aromatic carbocycles. The van der Waals surface area contributed by atoms with Crippen molar-refractivity contribution in [3.05, 3.63) is 35.9 Å². The third-order valence-electron chi connectivity index (χ3n) is 2.70. The summed E-state index contributed by atoms with van der Waals surface area (Å²) in [4.78, 5) is 10.6. The van der Waals surface area contributed by atoms with Gasteiger partial charge in [-0.3, -0.25) is 4.79 Å². The van der Waals surface area contributed by atoms with E-state index in [4.69, 9.17) is 5.73 Å². The largest absolute Gasteiger partial charge is 0.382 e. The van der Waals surface area contributed by atoms with Crippen molar-refractivity contribution >= 4 is 5.91 Å². The number of carbonyl (C=O) groups excluding carboxylic acids is 1. The van der Waals surface area contributed by atoms with Gasteiger partial charge in [0, 0.05) is 12.6 Å². The monoisotopic (exact) mass is 236 g/mol. The molecule has 0 heterocycles. The molecule has 0 saturated carbocycles. The molecule has 0 aliphatic heterocycles. The van der Waals surface area contributed by atoms with Crippen molar-refractivity contribution in [3.63, 3.8) is 0 Å². The fourth-order valence-corrected chi connectivity index (χ4v) is 1.54. The quantitative estimate of drug-likeness (QED) is 0.643. The Labute approximate surface area is 102 Å². The van der Waals surface area contributed by atoms with Gasteiger partial charge in [-0.1, -0.05) is 30.3 Å². The Balaban J connectivity index is 2.22. The van der Waals surface area contributed by atoms with Crippen LogP contribution in [0.4, 0.5) is 0 Å². The van der Waals surface area contributed by atoms with Crippen LogP contribution in [0.1, 0.15) is 18.9 Å². The van der Waals surface area contributed by atoms with Crippen molar-refractivity contribution in [3.8, 4) is 0 Å². The number of aliphatic hydroxyl groups excluding tert-OH is 1. The van der Waals surface area contributed by atoms with E-state index in [9.17, 15) is 9.90 Å². The van der Waals surface area contributed by atoms with E-state index in [1.807, 2.05) is 25.1 Å². The van der Waals surface area contributed by atoms with Crippen molar-refractivity contribution in [1.29, 1.82) is 0 Å². The highest BCUT2D eigenvalue weighted by Gasteiger charge is 2.11. The van der Waals surface area contributed by atoms with Gasteiger partial charge in [-0.05, 0) is 25.3 Å². The summed E-state index contributed by atoms with van der Waals surface area (Å²) in [6.45, 7) is 2.24. The highest BCUT2D eigenvalue weighted by Crippen LogP contribution is 2.04. The smallest absolute Gasteiger partial charge is 0.247 e. The standard InChI is InChI=1S/C13H20N2O2/c1-10(15-9-12(16)13(14)17)7-8-11-5-3-2-4-6-11/h2-6,10,12,15-16H,7-9H2,1H3,(H2,14,17). The van der Waals surface area contributed by atoms with Gasteiger partial charge < -0.3 is 16.2 Å². The van der Waals surface area contributed by atoms with Crippen LogP contribution in [0.5, 0.6) is 0 Å². The summed E-state index contributed by atoms with van der Waals surface area (Å²) in [7, 11) is 0. The molecule has 0 aromatic heterocycles. The van der Waals surface area contributed by atoms with Gasteiger partial charge in [0.2, 0.25) is 5.91 Å². The molecule has 0 aliphatic rings. The molecule has 1 rings (SSSR count). The van der Waals surface area contributed by atoms with Gasteiger partial charge in [0.1, 0.15) is 6.10 Å². The van der Waals surface area contributed by atoms with E-state index in [1.165, 1.54) is 5.56 Å². The number of hydrogen-bond donors (Lipinski definition) is 3. The molecule has 0 aliphatic carbocycles. The maximum absolute atomic E-state index is 10.6. The number of aliphatic hydroxyl groups is 1. The molecule has 17 heavy (non-hydrogen) atoms. The topological polar surface area (TPSA) is 75.3 Å². The Morgan fingerprint density at radius 3 is 2.65 bits per heavy atom. The summed E-state index contributed by atoms with van der Waals surface area (Å²) < 4.78 is 0. The molecule has 2 unspecified atom stereocenters. The van der Waals surface area contributed by atoms with Crippen LogP contribution in [0.15, 0.2) is 30.3 Å². The molecule has 0 radical (unpaired) electrons. The van der Waals surface area contributed by atoms with Gasteiger partial charge in [-0.25, -0.2) is 0 Å². The Kier molecular flexibility index (Phi) is 5.66. The van der Waals surface area contributed by atoms with Crippen LogP contribution in [0.3, 0.4) is 0 Å². The first-order valence-electron chi connectivity index (χ1n) is 5.84. The lowest BCUT2D eigenvalue weighted by atomic mass is 10.1. The Hall–Kier alpha value is -1.39. The first kappa shape index (κ1) is 13.7. The number of rotatable bonds is 7. The van der Waals surface area contributed by atoms with Crippen LogP contribution in [-0.2, 0) is 11.2 Å². The minimum Gasteiger partial charge on any atom is -0.382 e. The number of amides is 1. The zero-order valence-corrected chi connectivity index (χ0v) is 10.1. The number of aryl methyl sites for hydroxylation is 1. The number of primary amides is 1. The van der Waals surface area contributed by atoms with Crippen LogP contribution in [0, 0.1) is 0 Å². The zero-order chi connectivity index (χ0) is 12.7. The second-order valence-electron chi connectivity index (χ2n) is 4.25. The van der Waals surface area contributed by atoms with Crippen molar-refractivity contribution in [2.24, 2.45) is 5.73 Å². The molecular weight excluding hydrogens is 216 g/mol. The Bertz CT molecular complexity index is 341. The third kappa shape index (κ3) is 5.47. The highest BCUT2D eigenvalue weighted by atomic mass is 16.3. The molecule has 4 nitrogen and oxygen atoms in total. The highest BCUT2D eigenvalue weighted by molar-refractivity contribution is 5.78. The molecule has 0 fully saturated rings. The summed E-state index contributed by atoms with van der Waals surface area (Å²) in [6.07, 6.45) is 0.825. The second kappa shape index (κ2) is 7.04. The van der Waals surface area contributed by atoms with E-state index in [2.05, 4.69) is 17.4 Å². The second-order valence-corrected chi connectivity index (χ2v) is 4.25. The number of hydrogen-bond acceptors (Lipinski definition) is 3. The van der Waals surface area contributed by atoms with Crippen molar-refractivity contribution < 1.29 is 9.90 Å². The van der Waals surface area contributed by atoms with Gasteiger partial charge in [0.15, 0.2) is 0 Å². The number of benzene rings is 1. The van der Waals surface area contributed by atoms with Gasteiger partial charge in [0.25, 0.3) is 0 Å². The van der Waals surface area contributed by atoms with Crippen LogP contribution in [-0.4, -0.2) is 29.7 Å². The molecular formula is C13H20N2O2. The molecule has 1 aromatic rings. The fourth-order valence-electron chi connectivity index (χ4n) is 1.54. The predicted molar refractivity (Wildman–Crippen MR) is 67.4 cm³/mol. The maximum atomic E-state index is 10.6. The third-order valence-corrected chi connectivity index (χ3v) is 2.70. The fraction of sp³-hybridized carbons (Fsp3) is 0.462. The van der Waals surface area contributed by atoms with E-state index < -0.39 is 12.0 Å². The Morgan fingerprint density at radius 1 is 1.41 bits per heavy atom.